The van der Waals surface area contributed by atoms with Gasteiger partial charge in [0.1, 0.15) is 6.04 Å². The van der Waals surface area contributed by atoms with Crippen molar-refractivity contribution in [3.05, 3.63) is 0 Å². The van der Waals surface area contributed by atoms with Crippen molar-refractivity contribution in [1.29, 1.82) is 0 Å². The van der Waals surface area contributed by atoms with Crippen LogP contribution < -0.4 is 39.3 Å². The summed E-state index contributed by atoms with van der Waals surface area (Å²) in [7, 11) is 1.85. The van der Waals surface area contributed by atoms with E-state index >= 15 is 0 Å². The van der Waals surface area contributed by atoms with Crippen LogP contribution in [-0.4, -0.2) is 85.1 Å². The fourth-order valence-electron chi connectivity index (χ4n) is 3.90. The van der Waals surface area contributed by atoms with Crippen LogP contribution in [0.4, 0.5) is 0 Å². The molecule has 2 aliphatic rings. The smallest absolute Gasteiger partial charge is 0.240 e. The summed E-state index contributed by atoms with van der Waals surface area (Å²) in [6, 6.07) is -1.12. The SMILES string of the molecule is CC(=O)[C@H]1CN(C)[C@@H](CCCN=C(N)N)C(=O)N1.NC(=O)[C@H]1CC[C@@H](CCCN=C(N)N)C(=O)N1. The Morgan fingerprint density at radius 2 is 1.43 bits per heavy atom. The molecule has 2 heterocycles. The van der Waals surface area contributed by atoms with Gasteiger partial charge in [-0.25, -0.2) is 0 Å². The lowest BCUT2D eigenvalue weighted by molar-refractivity contribution is -0.135. The molecule has 0 aromatic rings. The largest absolute Gasteiger partial charge is 0.370 e. The molecular formula is C21H40N10O4. The van der Waals surface area contributed by atoms with Crippen LogP contribution in [0.5, 0.6) is 0 Å². The van der Waals surface area contributed by atoms with Gasteiger partial charge in [0.05, 0.1) is 12.1 Å². The van der Waals surface area contributed by atoms with E-state index in [-0.39, 0.29) is 41.5 Å². The highest BCUT2D eigenvalue weighted by Gasteiger charge is 2.33. The van der Waals surface area contributed by atoms with Crippen molar-refractivity contribution in [1.82, 2.24) is 15.5 Å². The van der Waals surface area contributed by atoms with Gasteiger partial charge in [-0.05, 0) is 52.5 Å². The van der Waals surface area contributed by atoms with Gasteiger partial charge in [-0.1, -0.05) is 0 Å². The van der Waals surface area contributed by atoms with Gasteiger partial charge in [-0.15, -0.1) is 0 Å². The minimum Gasteiger partial charge on any atom is -0.370 e. The highest BCUT2D eigenvalue weighted by Crippen LogP contribution is 2.20. The van der Waals surface area contributed by atoms with Gasteiger partial charge in [0.2, 0.25) is 17.7 Å². The molecule has 4 atom stereocenters. The van der Waals surface area contributed by atoms with Crippen molar-refractivity contribution >= 4 is 35.4 Å². The molecule has 12 N–H and O–H groups in total. The van der Waals surface area contributed by atoms with Gasteiger partial charge in [0.25, 0.3) is 0 Å². The van der Waals surface area contributed by atoms with Gasteiger partial charge in [0.15, 0.2) is 17.7 Å². The van der Waals surface area contributed by atoms with Gasteiger partial charge >= 0.3 is 0 Å². The number of nitrogens with two attached hydrogens (primary N) is 5. The molecule has 0 aromatic heterocycles. The van der Waals surface area contributed by atoms with E-state index in [4.69, 9.17) is 28.7 Å². The van der Waals surface area contributed by atoms with E-state index in [1.807, 2.05) is 11.9 Å². The third-order valence-corrected chi connectivity index (χ3v) is 5.88. The van der Waals surface area contributed by atoms with Crippen molar-refractivity contribution in [2.45, 2.75) is 63.6 Å². The predicted octanol–water partition coefficient (Wildman–Crippen LogP) is -3.15. The van der Waals surface area contributed by atoms with E-state index in [0.717, 1.165) is 12.8 Å². The van der Waals surface area contributed by atoms with Crippen LogP contribution in [-0.2, 0) is 19.2 Å². The molecule has 0 bridgehead atoms. The molecule has 0 saturated carbocycles. The summed E-state index contributed by atoms with van der Waals surface area (Å²) in [5, 5.41) is 5.35. The molecule has 2 fully saturated rings. The second-order valence-electron chi connectivity index (χ2n) is 8.76. The summed E-state index contributed by atoms with van der Waals surface area (Å²) in [6.07, 6.45) is 4.15. The molecule has 0 aliphatic carbocycles. The van der Waals surface area contributed by atoms with Crippen molar-refractivity contribution in [2.75, 3.05) is 26.7 Å². The van der Waals surface area contributed by atoms with Crippen molar-refractivity contribution in [3.8, 4) is 0 Å². The number of piperidine rings is 1. The second-order valence-corrected chi connectivity index (χ2v) is 8.76. The molecule has 35 heavy (non-hydrogen) atoms. The van der Waals surface area contributed by atoms with Crippen LogP contribution in [0, 0.1) is 5.92 Å². The number of nitrogens with zero attached hydrogens (tertiary/aromatic N) is 3. The molecule has 0 radical (unpaired) electrons. The Bertz CT molecular complexity index is 808. The Labute approximate surface area is 205 Å². The number of carbonyl (C=O) groups is 4. The standard InChI is InChI=1S/C11H21N5O2.C10H19N5O2/c1-7(17)8-6-16(2)9(10(18)15-8)4-3-5-14-11(12)13;11-8(16)7-4-3-6(9(17)15-7)2-1-5-14-10(12)13/h8-9H,3-6H2,1-2H3,(H,15,18)(H4,12,13,14);6-7H,1-5H2,(H2,11,16)(H,15,17)(H4,12,13,14)/t8-,9+;6-,7-/m11/s1. The number of guanidine groups is 2. The van der Waals surface area contributed by atoms with E-state index in [9.17, 15) is 19.2 Å². The monoisotopic (exact) mass is 496 g/mol. The van der Waals surface area contributed by atoms with Crippen LogP contribution in [0.1, 0.15) is 45.4 Å². The minimum absolute atomic E-state index is 0.0193. The summed E-state index contributed by atoms with van der Waals surface area (Å²) in [6.45, 7) is 3.06. The minimum atomic E-state index is -0.517. The lowest BCUT2D eigenvalue weighted by atomic mass is 9.90. The lowest BCUT2D eigenvalue weighted by Crippen LogP contribution is -2.60. The number of hydrogen-bond donors (Lipinski definition) is 7. The van der Waals surface area contributed by atoms with Crippen LogP contribution in [0.3, 0.4) is 0 Å². The zero-order valence-corrected chi connectivity index (χ0v) is 20.5. The fourth-order valence-corrected chi connectivity index (χ4v) is 3.90. The van der Waals surface area contributed by atoms with Gasteiger partial charge in [0, 0.05) is 25.6 Å². The Balaban J connectivity index is 0.000000351. The van der Waals surface area contributed by atoms with E-state index < -0.39 is 18.0 Å². The van der Waals surface area contributed by atoms with E-state index in [1.54, 1.807) is 0 Å². The number of piperazine rings is 1. The van der Waals surface area contributed by atoms with Crippen LogP contribution in [0.25, 0.3) is 0 Å². The highest BCUT2D eigenvalue weighted by atomic mass is 16.2. The van der Waals surface area contributed by atoms with Crippen molar-refractivity contribution in [2.24, 2.45) is 44.6 Å². The molecule has 0 unspecified atom stereocenters. The first kappa shape index (κ1) is 29.6. The third kappa shape index (κ3) is 11.0. The predicted molar refractivity (Wildman–Crippen MR) is 133 cm³/mol. The lowest BCUT2D eigenvalue weighted by Gasteiger charge is -2.36. The number of carbonyl (C=O) groups excluding carboxylic acids is 4. The molecule has 198 valence electrons. The molecule has 3 amide bonds. The fraction of sp³-hybridized carbons (Fsp3) is 0.714. The summed E-state index contributed by atoms with van der Waals surface area (Å²) in [5.41, 5.74) is 25.9. The first-order chi connectivity index (χ1) is 16.4. The number of primary amides is 1. The molecule has 2 saturated heterocycles. The molecule has 0 aromatic carbocycles. The zero-order valence-electron chi connectivity index (χ0n) is 20.5. The summed E-state index contributed by atoms with van der Waals surface area (Å²) in [4.78, 5) is 55.3. The van der Waals surface area contributed by atoms with E-state index in [1.165, 1.54) is 6.92 Å². The zero-order chi connectivity index (χ0) is 26.5. The van der Waals surface area contributed by atoms with E-state index in [0.29, 0.717) is 45.3 Å². The average molecular weight is 497 g/mol. The summed E-state index contributed by atoms with van der Waals surface area (Å²) < 4.78 is 0. The van der Waals surface area contributed by atoms with Crippen molar-refractivity contribution in [3.63, 3.8) is 0 Å². The van der Waals surface area contributed by atoms with Crippen LogP contribution in [0.2, 0.25) is 0 Å². The molecule has 14 heteroatoms. The third-order valence-electron chi connectivity index (χ3n) is 5.88. The average Bonchev–Trinajstić information content (AvgIpc) is 2.76. The van der Waals surface area contributed by atoms with Gasteiger partial charge in [-0.2, -0.15) is 0 Å². The maximum Gasteiger partial charge on any atom is 0.240 e. The maximum atomic E-state index is 11.9. The summed E-state index contributed by atoms with van der Waals surface area (Å²) in [5.74, 6) is -0.648. The number of ketones is 1. The highest BCUT2D eigenvalue weighted by molar-refractivity contribution is 5.91. The van der Waals surface area contributed by atoms with E-state index in [2.05, 4.69) is 20.6 Å². The van der Waals surface area contributed by atoms with Gasteiger partial charge < -0.3 is 39.3 Å². The number of amides is 3. The number of likely N-dealkylation sites (N-methyl/N-ethyl adjacent to an activating group) is 1. The molecular weight excluding hydrogens is 456 g/mol. The first-order valence-corrected chi connectivity index (χ1v) is 11.6. The Morgan fingerprint density at radius 1 is 0.886 bits per heavy atom. The number of aliphatic imine (C=N–C) groups is 2. The first-order valence-electron chi connectivity index (χ1n) is 11.6. The number of nitrogens with one attached hydrogen (secondary N) is 2. The molecule has 2 rings (SSSR count). The second kappa shape index (κ2) is 14.8. The van der Waals surface area contributed by atoms with Crippen LogP contribution >= 0.6 is 0 Å². The number of rotatable bonds is 10. The topological polar surface area (TPSA) is 250 Å². The van der Waals surface area contributed by atoms with Crippen molar-refractivity contribution < 1.29 is 19.2 Å². The Hall–Kier alpha value is -3.42. The molecule has 0 spiro atoms. The number of hydrogen-bond acceptors (Lipinski definition) is 7. The quantitative estimate of drug-likeness (QED) is 0.0914. The van der Waals surface area contributed by atoms with Crippen LogP contribution in [0.15, 0.2) is 9.98 Å². The Kier molecular flexibility index (Phi) is 12.5. The molecule has 14 nitrogen and oxygen atoms in total. The Morgan fingerprint density at radius 3 is 1.89 bits per heavy atom. The van der Waals surface area contributed by atoms with Gasteiger partial charge in [-0.3, -0.25) is 34.1 Å². The summed E-state index contributed by atoms with van der Waals surface area (Å²) >= 11 is 0. The normalized spacial score (nSPS) is 24.2. The number of Topliss-reactive ketones (excluding diaryl/α,β-unsaturated/α-hetero) is 1. The molecule has 2 aliphatic heterocycles. The maximum absolute atomic E-state index is 11.9.